The van der Waals surface area contributed by atoms with Gasteiger partial charge in [0.1, 0.15) is 0 Å². The molecule has 0 unspecified atom stereocenters. The van der Waals surface area contributed by atoms with Crippen LogP contribution in [0.4, 0.5) is 11.4 Å². The standard InChI is InChI=1S/C27H35N3O4S/c1-26(2)16-23-17-27(3,18-26)19-30(23)35(32,33)24-10-4-20(5-11-24)25(31)28-21-6-8-22(9-7-21)29-12-14-34-15-13-29/h4-11,23H,12-19H2,1-3H3,(H,28,31)/t23-,27-/m0/s1. The molecule has 2 bridgehead atoms. The number of carbonyl (C=O) groups excluding carboxylic acids is 1. The molecule has 2 aromatic carbocycles. The van der Waals surface area contributed by atoms with E-state index >= 15 is 0 Å². The first-order valence-electron chi connectivity index (χ1n) is 12.4. The van der Waals surface area contributed by atoms with Gasteiger partial charge in [-0.2, -0.15) is 4.31 Å². The zero-order valence-corrected chi connectivity index (χ0v) is 21.6. The van der Waals surface area contributed by atoms with E-state index < -0.39 is 10.0 Å². The smallest absolute Gasteiger partial charge is 0.255 e. The Morgan fingerprint density at radius 1 is 0.971 bits per heavy atom. The fraction of sp³-hybridized carbons (Fsp3) is 0.519. The molecule has 2 aliphatic heterocycles. The fourth-order valence-electron chi connectivity index (χ4n) is 6.38. The lowest BCUT2D eigenvalue weighted by Gasteiger charge is -2.39. The van der Waals surface area contributed by atoms with Crippen LogP contribution in [0.1, 0.15) is 50.4 Å². The number of sulfonamides is 1. The highest BCUT2D eigenvalue weighted by molar-refractivity contribution is 7.89. The van der Waals surface area contributed by atoms with E-state index in [1.165, 1.54) is 0 Å². The largest absolute Gasteiger partial charge is 0.378 e. The summed E-state index contributed by atoms with van der Waals surface area (Å²) in [6, 6.07) is 14.1. The summed E-state index contributed by atoms with van der Waals surface area (Å²) >= 11 is 0. The number of hydrogen-bond acceptors (Lipinski definition) is 5. The molecule has 2 atom stereocenters. The second-order valence-corrected chi connectivity index (χ2v) is 13.3. The van der Waals surface area contributed by atoms with Gasteiger partial charge in [-0.3, -0.25) is 4.79 Å². The Morgan fingerprint density at radius 3 is 2.29 bits per heavy atom. The van der Waals surface area contributed by atoms with Gasteiger partial charge in [0.05, 0.1) is 18.1 Å². The number of carbonyl (C=O) groups is 1. The number of fused-ring (bicyclic) bond motifs is 2. The van der Waals surface area contributed by atoms with E-state index in [0.29, 0.717) is 17.8 Å². The van der Waals surface area contributed by atoms with Gasteiger partial charge in [-0.25, -0.2) is 8.42 Å². The zero-order chi connectivity index (χ0) is 24.8. The predicted molar refractivity (Wildman–Crippen MR) is 137 cm³/mol. The first kappa shape index (κ1) is 24.3. The molecule has 1 amide bonds. The Kier molecular flexibility index (Phi) is 6.18. The average molecular weight is 498 g/mol. The van der Waals surface area contributed by atoms with Crippen molar-refractivity contribution in [2.24, 2.45) is 10.8 Å². The normalized spacial score (nSPS) is 26.5. The predicted octanol–water partition coefficient (Wildman–Crippen LogP) is 4.36. The summed E-state index contributed by atoms with van der Waals surface area (Å²) in [4.78, 5) is 15.3. The monoisotopic (exact) mass is 497 g/mol. The number of nitrogens with zero attached hydrogens (tertiary/aromatic N) is 2. The number of rotatable bonds is 5. The summed E-state index contributed by atoms with van der Waals surface area (Å²) < 4.78 is 34.1. The molecule has 8 heteroatoms. The van der Waals surface area contributed by atoms with Crippen molar-refractivity contribution in [1.82, 2.24) is 4.31 Å². The fourth-order valence-corrected chi connectivity index (χ4v) is 8.16. The molecule has 1 N–H and O–H groups in total. The van der Waals surface area contributed by atoms with E-state index in [9.17, 15) is 13.2 Å². The molecule has 2 saturated heterocycles. The molecule has 1 saturated carbocycles. The van der Waals surface area contributed by atoms with E-state index in [1.54, 1.807) is 28.6 Å². The number of nitrogens with one attached hydrogen (secondary N) is 1. The molecule has 0 spiro atoms. The van der Waals surface area contributed by atoms with Gasteiger partial charge in [-0.1, -0.05) is 20.8 Å². The molecular weight excluding hydrogens is 462 g/mol. The van der Waals surface area contributed by atoms with E-state index in [-0.39, 0.29) is 27.7 Å². The maximum Gasteiger partial charge on any atom is 0.255 e. The summed E-state index contributed by atoms with van der Waals surface area (Å²) in [5, 5.41) is 2.90. The third-order valence-corrected chi connectivity index (χ3v) is 9.50. The average Bonchev–Trinajstić information content (AvgIpc) is 3.09. The molecule has 3 fully saturated rings. The lowest BCUT2D eigenvalue weighted by molar-refractivity contribution is 0.102. The Balaban J connectivity index is 1.26. The molecule has 3 aliphatic rings. The molecule has 2 heterocycles. The summed E-state index contributed by atoms with van der Waals surface area (Å²) in [7, 11) is -3.61. The topological polar surface area (TPSA) is 79.0 Å². The van der Waals surface area contributed by atoms with Crippen molar-refractivity contribution in [1.29, 1.82) is 0 Å². The second kappa shape index (κ2) is 8.91. The summed E-state index contributed by atoms with van der Waals surface area (Å²) in [6.07, 6.45) is 2.84. The van der Waals surface area contributed by atoms with Crippen LogP contribution < -0.4 is 10.2 Å². The van der Waals surface area contributed by atoms with Gasteiger partial charge in [0.15, 0.2) is 0 Å². The van der Waals surface area contributed by atoms with E-state index in [4.69, 9.17) is 4.74 Å². The number of hydrogen-bond donors (Lipinski definition) is 1. The van der Waals surface area contributed by atoms with Gasteiger partial charge < -0.3 is 15.0 Å². The van der Waals surface area contributed by atoms with Crippen molar-refractivity contribution in [2.45, 2.75) is 51.0 Å². The van der Waals surface area contributed by atoms with Crippen LogP contribution in [-0.4, -0.2) is 57.5 Å². The van der Waals surface area contributed by atoms with Gasteiger partial charge >= 0.3 is 0 Å². The number of benzene rings is 2. The minimum Gasteiger partial charge on any atom is -0.378 e. The quantitative estimate of drug-likeness (QED) is 0.664. The number of amides is 1. The Bertz CT molecular complexity index is 1190. The maximum atomic E-state index is 13.5. The van der Waals surface area contributed by atoms with Gasteiger partial charge in [-0.15, -0.1) is 0 Å². The van der Waals surface area contributed by atoms with Crippen molar-refractivity contribution in [2.75, 3.05) is 43.1 Å². The summed E-state index contributed by atoms with van der Waals surface area (Å²) in [6.45, 7) is 10.4. The first-order valence-corrected chi connectivity index (χ1v) is 13.8. The van der Waals surface area contributed by atoms with Crippen LogP contribution in [0.25, 0.3) is 0 Å². The molecule has 2 aromatic rings. The number of anilines is 2. The van der Waals surface area contributed by atoms with Crippen molar-refractivity contribution < 1.29 is 17.9 Å². The molecular formula is C27H35N3O4S. The van der Waals surface area contributed by atoms with Crippen molar-refractivity contribution in [3.63, 3.8) is 0 Å². The highest BCUT2D eigenvalue weighted by Gasteiger charge is 2.53. The first-order chi connectivity index (χ1) is 16.5. The Labute approximate surface area is 208 Å². The minimum atomic E-state index is -3.61. The van der Waals surface area contributed by atoms with Crippen LogP contribution in [-0.2, 0) is 14.8 Å². The molecule has 188 valence electrons. The van der Waals surface area contributed by atoms with E-state index in [1.807, 2.05) is 24.3 Å². The van der Waals surface area contributed by atoms with Crippen LogP contribution in [0.15, 0.2) is 53.4 Å². The van der Waals surface area contributed by atoms with Crippen molar-refractivity contribution in [3.8, 4) is 0 Å². The van der Waals surface area contributed by atoms with E-state index in [0.717, 1.165) is 51.3 Å². The zero-order valence-electron chi connectivity index (χ0n) is 20.8. The van der Waals surface area contributed by atoms with Crippen LogP contribution in [0.5, 0.6) is 0 Å². The van der Waals surface area contributed by atoms with Crippen molar-refractivity contribution in [3.05, 3.63) is 54.1 Å². The molecule has 35 heavy (non-hydrogen) atoms. The Morgan fingerprint density at radius 2 is 1.63 bits per heavy atom. The lowest BCUT2D eigenvalue weighted by atomic mass is 9.65. The van der Waals surface area contributed by atoms with Crippen LogP contribution in [0.3, 0.4) is 0 Å². The second-order valence-electron chi connectivity index (χ2n) is 11.4. The highest BCUT2D eigenvalue weighted by atomic mass is 32.2. The lowest BCUT2D eigenvalue weighted by Crippen LogP contribution is -2.37. The van der Waals surface area contributed by atoms with Gasteiger partial charge in [0, 0.05) is 42.6 Å². The third kappa shape index (κ3) is 4.97. The SMILES string of the molecule is CC1(C)C[C@H]2C[C@](C)(CN2S(=O)(=O)c2ccc(C(=O)Nc3ccc(N4CCOCC4)cc3)cc2)C1. The molecule has 7 nitrogen and oxygen atoms in total. The van der Waals surface area contributed by atoms with Crippen LogP contribution in [0, 0.1) is 10.8 Å². The molecule has 1 aliphatic carbocycles. The molecule has 0 radical (unpaired) electrons. The summed E-state index contributed by atoms with van der Waals surface area (Å²) in [5.41, 5.74) is 2.39. The van der Waals surface area contributed by atoms with Gasteiger partial charge in [-0.05, 0) is 78.6 Å². The Hall–Kier alpha value is -2.42. The molecule has 0 aromatic heterocycles. The summed E-state index contributed by atoms with van der Waals surface area (Å²) in [5.74, 6) is -0.264. The molecule has 5 rings (SSSR count). The van der Waals surface area contributed by atoms with Crippen LogP contribution >= 0.6 is 0 Å². The van der Waals surface area contributed by atoms with Gasteiger partial charge in [0.2, 0.25) is 10.0 Å². The highest BCUT2D eigenvalue weighted by Crippen LogP contribution is 2.53. The van der Waals surface area contributed by atoms with Crippen LogP contribution in [0.2, 0.25) is 0 Å². The van der Waals surface area contributed by atoms with Crippen molar-refractivity contribution >= 4 is 27.3 Å². The number of ether oxygens (including phenoxy) is 1. The van der Waals surface area contributed by atoms with Gasteiger partial charge in [0.25, 0.3) is 5.91 Å². The minimum absolute atomic E-state index is 0.0244. The third-order valence-electron chi connectivity index (χ3n) is 7.59. The van der Waals surface area contributed by atoms with E-state index in [2.05, 4.69) is 31.0 Å². The maximum absolute atomic E-state index is 13.5. The number of morpholine rings is 1.